The summed E-state index contributed by atoms with van der Waals surface area (Å²) in [7, 11) is 0. The Morgan fingerprint density at radius 1 is 1.45 bits per heavy atom. The van der Waals surface area contributed by atoms with Crippen molar-refractivity contribution in [2.75, 3.05) is 6.61 Å². The zero-order valence-corrected chi connectivity index (χ0v) is 11.1. The number of hydrogen-bond donors (Lipinski definition) is 2. The van der Waals surface area contributed by atoms with Crippen LogP contribution in [0.4, 0.5) is 0 Å². The zero-order valence-electron chi connectivity index (χ0n) is 11.1. The Bertz CT molecular complexity index is 621. The Labute approximate surface area is 113 Å². The van der Waals surface area contributed by atoms with Gasteiger partial charge in [0, 0.05) is 12.3 Å². The molecule has 3 heterocycles. The predicted octanol–water partition coefficient (Wildman–Crippen LogP) is -1.05. The molecule has 0 bridgehead atoms. The molecule has 0 amide bonds. The van der Waals surface area contributed by atoms with E-state index in [0.29, 0.717) is 0 Å². The monoisotopic (exact) mass is 284 g/mol. The SMILES string of the molecule is CC1(C)OC[C@H]2O[C@@H](n3ccc(=O)[nH]c3=O)[C@H](O)[C@H]2O1. The first-order chi connectivity index (χ1) is 9.37. The zero-order chi connectivity index (χ0) is 14.5. The molecule has 8 nitrogen and oxygen atoms in total. The number of fused-ring (bicyclic) bond motifs is 1. The van der Waals surface area contributed by atoms with E-state index in [9.17, 15) is 14.7 Å². The molecule has 2 aliphatic heterocycles. The Morgan fingerprint density at radius 2 is 2.20 bits per heavy atom. The fraction of sp³-hybridized carbons (Fsp3) is 0.667. The summed E-state index contributed by atoms with van der Waals surface area (Å²) in [6, 6.07) is 1.20. The Hall–Kier alpha value is -1.48. The van der Waals surface area contributed by atoms with Crippen molar-refractivity contribution in [1.82, 2.24) is 9.55 Å². The lowest BCUT2D eigenvalue weighted by Crippen LogP contribution is -2.50. The van der Waals surface area contributed by atoms with Gasteiger partial charge in [0.15, 0.2) is 12.0 Å². The molecule has 2 fully saturated rings. The van der Waals surface area contributed by atoms with Crippen LogP contribution < -0.4 is 11.2 Å². The van der Waals surface area contributed by atoms with E-state index in [1.54, 1.807) is 13.8 Å². The molecule has 20 heavy (non-hydrogen) atoms. The smallest absolute Gasteiger partial charge is 0.330 e. The standard InChI is InChI=1S/C12H16N2O6/c1-12(2)18-5-6-9(20-12)8(16)10(19-6)14-4-3-7(15)13-11(14)17/h3-4,6,8-10,16H,5H2,1-2H3,(H,13,15,17)/t6-,8-,9+,10-/m1/s1. The number of nitrogens with zero attached hydrogens (tertiary/aromatic N) is 1. The molecular formula is C12H16N2O6. The number of aromatic amines is 1. The molecule has 3 rings (SSSR count). The molecule has 0 aliphatic carbocycles. The highest BCUT2D eigenvalue weighted by Crippen LogP contribution is 2.36. The minimum absolute atomic E-state index is 0.267. The molecule has 1 aromatic heterocycles. The van der Waals surface area contributed by atoms with E-state index in [-0.39, 0.29) is 6.61 Å². The number of hydrogen-bond acceptors (Lipinski definition) is 6. The van der Waals surface area contributed by atoms with E-state index in [1.165, 1.54) is 12.3 Å². The number of nitrogens with one attached hydrogen (secondary N) is 1. The Morgan fingerprint density at radius 3 is 2.90 bits per heavy atom. The van der Waals surface area contributed by atoms with Crippen molar-refractivity contribution in [2.24, 2.45) is 0 Å². The molecule has 0 saturated carbocycles. The third-order valence-corrected chi connectivity index (χ3v) is 3.45. The van der Waals surface area contributed by atoms with Gasteiger partial charge in [-0.25, -0.2) is 4.79 Å². The van der Waals surface area contributed by atoms with E-state index in [0.717, 1.165) is 4.57 Å². The summed E-state index contributed by atoms with van der Waals surface area (Å²) >= 11 is 0. The van der Waals surface area contributed by atoms with E-state index < -0.39 is 41.6 Å². The minimum atomic E-state index is -1.02. The van der Waals surface area contributed by atoms with Gasteiger partial charge in [-0.1, -0.05) is 0 Å². The van der Waals surface area contributed by atoms with E-state index in [4.69, 9.17) is 14.2 Å². The maximum Gasteiger partial charge on any atom is 0.330 e. The van der Waals surface area contributed by atoms with Gasteiger partial charge in [0.25, 0.3) is 5.56 Å². The van der Waals surface area contributed by atoms with Crippen LogP contribution in [-0.4, -0.2) is 45.4 Å². The number of H-pyrrole nitrogens is 1. The minimum Gasteiger partial charge on any atom is -0.386 e. The number of aliphatic hydroxyl groups is 1. The van der Waals surface area contributed by atoms with Crippen LogP contribution in [0.3, 0.4) is 0 Å². The van der Waals surface area contributed by atoms with Crippen LogP contribution in [0.1, 0.15) is 20.1 Å². The summed E-state index contributed by atoms with van der Waals surface area (Å²) < 4.78 is 17.9. The summed E-state index contributed by atoms with van der Waals surface area (Å²) in [5, 5.41) is 10.3. The third kappa shape index (κ3) is 2.20. The molecule has 0 aromatic carbocycles. The van der Waals surface area contributed by atoms with Crippen LogP contribution in [0.2, 0.25) is 0 Å². The Balaban J connectivity index is 1.90. The van der Waals surface area contributed by atoms with Crippen LogP contribution in [-0.2, 0) is 14.2 Å². The van der Waals surface area contributed by atoms with Crippen molar-refractivity contribution in [3.05, 3.63) is 33.1 Å². The quantitative estimate of drug-likeness (QED) is 0.682. The molecule has 1 aromatic rings. The van der Waals surface area contributed by atoms with Gasteiger partial charge in [0.05, 0.1) is 6.61 Å². The number of aliphatic hydroxyl groups excluding tert-OH is 1. The first-order valence-corrected chi connectivity index (χ1v) is 6.34. The first-order valence-electron chi connectivity index (χ1n) is 6.34. The van der Waals surface area contributed by atoms with Gasteiger partial charge in [-0.15, -0.1) is 0 Å². The van der Waals surface area contributed by atoms with E-state index in [1.807, 2.05) is 0 Å². The lowest BCUT2D eigenvalue weighted by Gasteiger charge is -2.37. The van der Waals surface area contributed by atoms with Gasteiger partial charge < -0.3 is 19.3 Å². The highest BCUT2D eigenvalue weighted by Gasteiger charge is 2.51. The molecule has 0 radical (unpaired) electrons. The summed E-state index contributed by atoms with van der Waals surface area (Å²) in [5.74, 6) is -0.809. The molecule has 2 N–H and O–H groups in total. The molecule has 4 atom stereocenters. The second kappa shape index (κ2) is 4.52. The van der Waals surface area contributed by atoms with Crippen LogP contribution in [0.15, 0.2) is 21.9 Å². The maximum absolute atomic E-state index is 11.7. The second-order valence-electron chi connectivity index (χ2n) is 5.37. The van der Waals surface area contributed by atoms with Gasteiger partial charge >= 0.3 is 5.69 Å². The maximum atomic E-state index is 11.7. The van der Waals surface area contributed by atoms with Gasteiger partial charge in [-0.3, -0.25) is 14.3 Å². The first kappa shape index (κ1) is 13.5. The molecule has 0 unspecified atom stereocenters. The fourth-order valence-electron chi connectivity index (χ4n) is 2.50. The molecule has 2 aliphatic rings. The van der Waals surface area contributed by atoms with E-state index >= 15 is 0 Å². The number of rotatable bonds is 1. The highest BCUT2D eigenvalue weighted by molar-refractivity contribution is 4.96. The molecule has 110 valence electrons. The molecular weight excluding hydrogens is 268 g/mol. The van der Waals surface area contributed by atoms with Gasteiger partial charge in [0.1, 0.15) is 18.3 Å². The van der Waals surface area contributed by atoms with Crippen molar-refractivity contribution in [3.8, 4) is 0 Å². The average molecular weight is 284 g/mol. The number of aromatic nitrogens is 2. The highest BCUT2D eigenvalue weighted by atomic mass is 16.7. The van der Waals surface area contributed by atoms with Crippen LogP contribution in [0.5, 0.6) is 0 Å². The lowest BCUT2D eigenvalue weighted by molar-refractivity contribution is -0.300. The van der Waals surface area contributed by atoms with Crippen molar-refractivity contribution >= 4 is 0 Å². The van der Waals surface area contributed by atoms with Crippen LogP contribution in [0.25, 0.3) is 0 Å². The molecule has 8 heteroatoms. The summed E-state index contributed by atoms with van der Waals surface area (Å²) in [6.45, 7) is 3.76. The summed E-state index contributed by atoms with van der Waals surface area (Å²) in [6.07, 6.45) is -1.68. The second-order valence-corrected chi connectivity index (χ2v) is 5.37. The number of ether oxygens (including phenoxy) is 3. The topological polar surface area (TPSA) is 103 Å². The fourth-order valence-corrected chi connectivity index (χ4v) is 2.50. The average Bonchev–Trinajstić information content (AvgIpc) is 2.66. The molecule has 0 spiro atoms. The molecule has 2 saturated heterocycles. The van der Waals surface area contributed by atoms with Gasteiger partial charge in [0.2, 0.25) is 0 Å². The Kier molecular flexibility index (Phi) is 3.05. The summed E-state index contributed by atoms with van der Waals surface area (Å²) in [4.78, 5) is 24.9. The van der Waals surface area contributed by atoms with Crippen molar-refractivity contribution in [3.63, 3.8) is 0 Å². The normalized spacial score (nSPS) is 35.8. The van der Waals surface area contributed by atoms with Crippen molar-refractivity contribution in [1.29, 1.82) is 0 Å². The van der Waals surface area contributed by atoms with Crippen molar-refractivity contribution in [2.45, 2.75) is 44.2 Å². The van der Waals surface area contributed by atoms with Crippen LogP contribution in [0, 0.1) is 0 Å². The van der Waals surface area contributed by atoms with Gasteiger partial charge in [-0.05, 0) is 13.8 Å². The largest absolute Gasteiger partial charge is 0.386 e. The lowest BCUT2D eigenvalue weighted by atomic mass is 10.1. The third-order valence-electron chi connectivity index (χ3n) is 3.45. The summed E-state index contributed by atoms with van der Waals surface area (Å²) in [5.41, 5.74) is -1.14. The van der Waals surface area contributed by atoms with E-state index in [2.05, 4.69) is 4.98 Å². The predicted molar refractivity (Wildman–Crippen MR) is 66.1 cm³/mol. The van der Waals surface area contributed by atoms with Gasteiger partial charge in [-0.2, -0.15) is 0 Å². The van der Waals surface area contributed by atoms with Crippen LogP contribution >= 0.6 is 0 Å². The van der Waals surface area contributed by atoms with Crippen molar-refractivity contribution < 1.29 is 19.3 Å².